The molecule has 0 saturated carbocycles. The van der Waals surface area contributed by atoms with Crippen LogP contribution in [0.4, 0.5) is 0 Å². The predicted octanol–water partition coefficient (Wildman–Crippen LogP) is 1.98. The molecule has 1 aromatic carbocycles. The van der Waals surface area contributed by atoms with Crippen LogP contribution in [-0.2, 0) is 11.3 Å². The van der Waals surface area contributed by atoms with Gasteiger partial charge in [-0.1, -0.05) is 6.07 Å². The zero-order chi connectivity index (χ0) is 11.0. The Balaban J connectivity index is 2.34. The summed E-state index contributed by atoms with van der Waals surface area (Å²) in [5.41, 5.74) is 2.94. The largest absolute Gasteiger partial charge is 0.454 e. The number of hydrogen-bond donors (Lipinski definition) is 0. The molecular weight excluding hydrogens is 190 g/mol. The summed E-state index contributed by atoms with van der Waals surface area (Å²) in [6.45, 7) is 2.79. The van der Waals surface area contributed by atoms with E-state index in [-0.39, 0.29) is 12.1 Å². The van der Waals surface area contributed by atoms with Gasteiger partial charge in [-0.3, -0.25) is 0 Å². The van der Waals surface area contributed by atoms with E-state index in [1.54, 1.807) is 0 Å². The van der Waals surface area contributed by atoms with Crippen molar-refractivity contribution in [1.82, 2.24) is 4.90 Å². The third kappa shape index (κ3) is 1.88. The van der Waals surface area contributed by atoms with Crippen LogP contribution in [0.1, 0.15) is 34.5 Å². The molecule has 1 unspecified atom stereocenters. The molecule has 0 radical (unpaired) electrons. The summed E-state index contributed by atoms with van der Waals surface area (Å²) in [6, 6.07) is 5.91. The molecule has 3 nitrogen and oxygen atoms in total. The summed E-state index contributed by atoms with van der Waals surface area (Å²) in [4.78, 5) is 13.5. The fourth-order valence-electron chi connectivity index (χ4n) is 1.89. The highest BCUT2D eigenvalue weighted by Gasteiger charge is 2.27. The van der Waals surface area contributed by atoms with Crippen molar-refractivity contribution in [3.05, 3.63) is 34.9 Å². The second-order valence-electron chi connectivity index (χ2n) is 4.21. The van der Waals surface area contributed by atoms with Gasteiger partial charge >= 0.3 is 5.97 Å². The van der Waals surface area contributed by atoms with Gasteiger partial charge in [0, 0.05) is 12.1 Å². The molecule has 0 N–H and O–H groups in total. The number of nitrogens with zero attached hydrogens (tertiary/aromatic N) is 1. The summed E-state index contributed by atoms with van der Waals surface area (Å²) in [6.07, 6.45) is -0.102. The number of esters is 1. The minimum absolute atomic E-state index is 0.102. The Morgan fingerprint density at radius 2 is 2.13 bits per heavy atom. The van der Waals surface area contributed by atoms with Crippen LogP contribution in [0.5, 0.6) is 0 Å². The van der Waals surface area contributed by atoms with E-state index in [9.17, 15) is 4.79 Å². The minimum atomic E-state index is -0.200. The highest BCUT2D eigenvalue weighted by Crippen LogP contribution is 2.30. The van der Waals surface area contributed by atoms with E-state index in [2.05, 4.69) is 11.0 Å². The van der Waals surface area contributed by atoms with Crippen LogP contribution in [0.25, 0.3) is 0 Å². The number of benzene rings is 1. The maximum Gasteiger partial charge on any atom is 0.339 e. The average molecular weight is 205 g/mol. The molecule has 0 spiro atoms. The molecule has 0 bridgehead atoms. The molecule has 1 heterocycles. The lowest BCUT2D eigenvalue weighted by Gasteiger charge is -2.10. The van der Waals surface area contributed by atoms with Crippen LogP contribution >= 0.6 is 0 Å². The van der Waals surface area contributed by atoms with Gasteiger partial charge in [0.05, 0.1) is 5.56 Å². The van der Waals surface area contributed by atoms with E-state index in [4.69, 9.17) is 4.74 Å². The Kier molecular flexibility index (Phi) is 2.49. The first-order valence-electron chi connectivity index (χ1n) is 5.06. The van der Waals surface area contributed by atoms with Crippen LogP contribution in [0, 0.1) is 0 Å². The van der Waals surface area contributed by atoms with Crippen LogP contribution in [0.2, 0.25) is 0 Å². The monoisotopic (exact) mass is 205 g/mol. The molecule has 0 aliphatic carbocycles. The SMILES string of the molecule is CC1OC(=O)c2ccc(CN(C)C)cc21. The van der Waals surface area contributed by atoms with Crippen molar-refractivity contribution in [3.63, 3.8) is 0 Å². The van der Waals surface area contributed by atoms with Crippen LogP contribution in [0.15, 0.2) is 18.2 Å². The highest BCUT2D eigenvalue weighted by atomic mass is 16.5. The van der Waals surface area contributed by atoms with Gasteiger partial charge in [-0.25, -0.2) is 4.79 Å². The number of carbonyl (C=O) groups is 1. The molecule has 15 heavy (non-hydrogen) atoms. The van der Waals surface area contributed by atoms with E-state index >= 15 is 0 Å². The molecule has 0 saturated heterocycles. The van der Waals surface area contributed by atoms with Gasteiger partial charge < -0.3 is 9.64 Å². The first kappa shape index (κ1) is 10.2. The summed E-state index contributed by atoms with van der Waals surface area (Å²) in [7, 11) is 4.05. The van der Waals surface area contributed by atoms with Gasteiger partial charge in [-0.2, -0.15) is 0 Å². The molecule has 0 amide bonds. The molecule has 1 atom stereocenters. The molecular formula is C12H15NO2. The number of ether oxygens (including phenoxy) is 1. The topological polar surface area (TPSA) is 29.5 Å². The smallest absolute Gasteiger partial charge is 0.339 e. The molecule has 3 heteroatoms. The Morgan fingerprint density at radius 1 is 1.40 bits per heavy atom. The number of cyclic esters (lactones) is 1. The van der Waals surface area contributed by atoms with E-state index in [0.29, 0.717) is 5.56 Å². The van der Waals surface area contributed by atoms with Crippen molar-refractivity contribution >= 4 is 5.97 Å². The van der Waals surface area contributed by atoms with Crippen molar-refractivity contribution < 1.29 is 9.53 Å². The molecule has 80 valence electrons. The van der Waals surface area contributed by atoms with Gasteiger partial charge in [-0.15, -0.1) is 0 Å². The van der Waals surface area contributed by atoms with Crippen LogP contribution < -0.4 is 0 Å². The van der Waals surface area contributed by atoms with Crippen molar-refractivity contribution in [2.75, 3.05) is 14.1 Å². The fraction of sp³-hybridized carbons (Fsp3) is 0.417. The first-order chi connectivity index (χ1) is 7.08. The van der Waals surface area contributed by atoms with E-state index in [1.165, 1.54) is 5.56 Å². The summed E-state index contributed by atoms with van der Waals surface area (Å²) in [5, 5.41) is 0. The lowest BCUT2D eigenvalue weighted by Crippen LogP contribution is -2.10. The van der Waals surface area contributed by atoms with Gasteiger partial charge in [0.1, 0.15) is 6.10 Å². The maximum atomic E-state index is 11.4. The number of carbonyl (C=O) groups excluding carboxylic acids is 1. The van der Waals surface area contributed by atoms with Crippen LogP contribution in [-0.4, -0.2) is 25.0 Å². The van der Waals surface area contributed by atoms with E-state index in [0.717, 1.165) is 12.1 Å². The van der Waals surface area contributed by atoms with Crippen molar-refractivity contribution in [2.24, 2.45) is 0 Å². The molecule has 0 fully saturated rings. The highest BCUT2D eigenvalue weighted by molar-refractivity contribution is 5.94. The standard InChI is InChI=1S/C12H15NO2/c1-8-11-6-9(7-13(2)3)4-5-10(11)12(14)15-8/h4-6,8H,7H2,1-3H3. The fourth-order valence-corrected chi connectivity index (χ4v) is 1.89. The maximum absolute atomic E-state index is 11.4. The summed E-state index contributed by atoms with van der Waals surface area (Å²) >= 11 is 0. The van der Waals surface area contributed by atoms with Crippen molar-refractivity contribution in [1.29, 1.82) is 0 Å². The quantitative estimate of drug-likeness (QED) is 0.691. The molecule has 0 aromatic heterocycles. The second-order valence-corrected chi connectivity index (χ2v) is 4.21. The second kappa shape index (κ2) is 3.66. The van der Waals surface area contributed by atoms with Gasteiger partial charge in [0.2, 0.25) is 0 Å². The normalized spacial score (nSPS) is 19.2. The zero-order valence-corrected chi connectivity index (χ0v) is 9.28. The Morgan fingerprint density at radius 3 is 2.80 bits per heavy atom. The molecule has 2 rings (SSSR count). The Labute approximate surface area is 89.7 Å². The summed E-state index contributed by atoms with van der Waals surface area (Å²) < 4.78 is 5.14. The lowest BCUT2D eigenvalue weighted by molar-refractivity contribution is 0.0422. The van der Waals surface area contributed by atoms with Crippen LogP contribution in [0.3, 0.4) is 0 Å². The van der Waals surface area contributed by atoms with Gasteiger partial charge in [0.15, 0.2) is 0 Å². The number of hydrogen-bond acceptors (Lipinski definition) is 3. The van der Waals surface area contributed by atoms with Gasteiger partial charge in [0.25, 0.3) is 0 Å². The molecule has 1 aliphatic rings. The lowest BCUT2D eigenvalue weighted by atomic mass is 10.0. The number of rotatable bonds is 2. The van der Waals surface area contributed by atoms with E-state index in [1.807, 2.05) is 33.2 Å². The first-order valence-corrected chi connectivity index (χ1v) is 5.06. The summed E-state index contributed by atoms with van der Waals surface area (Å²) in [5.74, 6) is -0.200. The molecule has 1 aromatic rings. The van der Waals surface area contributed by atoms with Crippen molar-refractivity contribution in [3.8, 4) is 0 Å². The third-order valence-corrected chi connectivity index (χ3v) is 2.56. The average Bonchev–Trinajstić information content (AvgIpc) is 2.41. The van der Waals surface area contributed by atoms with Crippen molar-refractivity contribution in [2.45, 2.75) is 19.6 Å². The third-order valence-electron chi connectivity index (χ3n) is 2.56. The Bertz CT molecular complexity index is 399. The Hall–Kier alpha value is -1.35. The van der Waals surface area contributed by atoms with E-state index < -0.39 is 0 Å². The van der Waals surface area contributed by atoms with Gasteiger partial charge in [-0.05, 0) is 38.7 Å². The number of fused-ring (bicyclic) bond motifs is 1. The predicted molar refractivity (Wildman–Crippen MR) is 57.7 cm³/mol. The molecule has 1 aliphatic heterocycles. The zero-order valence-electron chi connectivity index (χ0n) is 9.28. The minimum Gasteiger partial charge on any atom is -0.454 e.